The summed E-state index contributed by atoms with van der Waals surface area (Å²) in [6.45, 7) is 2.98. The van der Waals surface area contributed by atoms with E-state index in [-0.39, 0.29) is 5.91 Å². The quantitative estimate of drug-likeness (QED) is 0.737. The number of benzene rings is 1. The van der Waals surface area contributed by atoms with E-state index in [1.54, 1.807) is 0 Å². The Balaban J connectivity index is 1.83. The van der Waals surface area contributed by atoms with E-state index < -0.39 is 0 Å². The molecule has 2 nitrogen and oxygen atoms in total. The minimum atomic E-state index is 0.234. The van der Waals surface area contributed by atoms with Gasteiger partial charge in [-0.1, -0.05) is 28.8 Å². The maximum atomic E-state index is 12.8. The van der Waals surface area contributed by atoms with Crippen LogP contribution in [0.4, 0.5) is 0 Å². The molecule has 108 valence electrons. The van der Waals surface area contributed by atoms with Gasteiger partial charge >= 0.3 is 0 Å². The summed E-state index contributed by atoms with van der Waals surface area (Å²) in [7, 11) is 0. The maximum Gasteiger partial charge on any atom is 0.254 e. The molecule has 2 unspecified atom stereocenters. The van der Waals surface area contributed by atoms with Crippen LogP contribution in [0.2, 0.25) is 0 Å². The summed E-state index contributed by atoms with van der Waals surface area (Å²) >= 11 is 3.51. The molecule has 2 aliphatic rings. The van der Waals surface area contributed by atoms with Crippen LogP contribution < -0.4 is 0 Å². The fourth-order valence-electron chi connectivity index (χ4n) is 3.82. The Hall–Kier alpha value is -0.830. The molecule has 1 aromatic rings. The van der Waals surface area contributed by atoms with Gasteiger partial charge in [0.05, 0.1) is 0 Å². The van der Waals surface area contributed by atoms with Gasteiger partial charge in [0.1, 0.15) is 0 Å². The molecule has 0 aromatic heterocycles. The summed E-state index contributed by atoms with van der Waals surface area (Å²) in [5.74, 6) is 0.982. The van der Waals surface area contributed by atoms with Crippen molar-refractivity contribution in [3.8, 4) is 0 Å². The molecule has 2 atom stereocenters. The van der Waals surface area contributed by atoms with E-state index in [2.05, 4.69) is 20.8 Å². The van der Waals surface area contributed by atoms with Gasteiger partial charge < -0.3 is 4.90 Å². The van der Waals surface area contributed by atoms with E-state index in [9.17, 15) is 4.79 Å². The number of carbonyl (C=O) groups is 1. The Morgan fingerprint density at radius 3 is 2.75 bits per heavy atom. The Morgan fingerprint density at radius 1 is 1.20 bits per heavy atom. The molecule has 3 heteroatoms. The van der Waals surface area contributed by atoms with Crippen molar-refractivity contribution in [3.63, 3.8) is 0 Å². The number of amides is 1. The first-order chi connectivity index (χ1) is 9.66. The number of hydrogen-bond acceptors (Lipinski definition) is 1. The first-order valence-corrected chi connectivity index (χ1v) is 8.53. The maximum absolute atomic E-state index is 12.8. The van der Waals surface area contributed by atoms with E-state index in [1.807, 2.05) is 25.1 Å². The van der Waals surface area contributed by atoms with Gasteiger partial charge in [0.15, 0.2) is 0 Å². The summed E-state index contributed by atoms with van der Waals surface area (Å²) < 4.78 is 1.07. The van der Waals surface area contributed by atoms with Crippen LogP contribution in [-0.2, 0) is 0 Å². The van der Waals surface area contributed by atoms with Crippen LogP contribution in [0.15, 0.2) is 22.7 Å². The highest BCUT2D eigenvalue weighted by Gasteiger charge is 2.35. The van der Waals surface area contributed by atoms with Crippen molar-refractivity contribution in [3.05, 3.63) is 33.8 Å². The Morgan fingerprint density at radius 2 is 1.95 bits per heavy atom. The molecule has 1 aliphatic heterocycles. The molecule has 1 aliphatic carbocycles. The van der Waals surface area contributed by atoms with Crippen molar-refractivity contribution in [1.29, 1.82) is 0 Å². The van der Waals surface area contributed by atoms with Gasteiger partial charge in [-0.2, -0.15) is 0 Å². The van der Waals surface area contributed by atoms with E-state index in [0.29, 0.717) is 6.04 Å². The molecule has 3 rings (SSSR count). The number of halogens is 1. The number of fused-ring (bicyclic) bond motifs is 1. The second-order valence-electron chi connectivity index (χ2n) is 6.22. The van der Waals surface area contributed by atoms with Crippen LogP contribution in [0.3, 0.4) is 0 Å². The number of piperidine rings is 1. The summed E-state index contributed by atoms with van der Waals surface area (Å²) in [5.41, 5.74) is 1.98. The monoisotopic (exact) mass is 335 g/mol. The van der Waals surface area contributed by atoms with Gasteiger partial charge in [0, 0.05) is 22.6 Å². The number of hydrogen-bond donors (Lipinski definition) is 0. The topological polar surface area (TPSA) is 20.3 Å². The fourth-order valence-corrected chi connectivity index (χ4v) is 4.07. The third-order valence-electron chi connectivity index (χ3n) is 4.91. The molecule has 1 aromatic carbocycles. The molecule has 1 saturated carbocycles. The average Bonchev–Trinajstić information content (AvgIpc) is 2.49. The number of nitrogens with zero attached hydrogens (tertiary/aromatic N) is 1. The van der Waals surface area contributed by atoms with Gasteiger partial charge in [0.25, 0.3) is 5.91 Å². The van der Waals surface area contributed by atoms with Crippen LogP contribution in [0.1, 0.15) is 54.4 Å². The average molecular weight is 336 g/mol. The summed E-state index contributed by atoms with van der Waals surface area (Å²) in [6.07, 6.45) is 7.63. The zero-order valence-electron chi connectivity index (χ0n) is 12.1. The van der Waals surface area contributed by atoms with Crippen molar-refractivity contribution in [1.82, 2.24) is 4.90 Å². The van der Waals surface area contributed by atoms with Crippen molar-refractivity contribution in [2.24, 2.45) is 5.92 Å². The fraction of sp³-hybridized carbons (Fsp3) is 0.588. The zero-order chi connectivity index (χ0) is 14.1. The lowest BCUT2D eigenvalue weighted by atomic mass is 9.78. The first kappa shape index (κ1) is 14.1. The Bertz CT molecular complexity index is 512. The van der Waals surface area contributed by atoms with Crippen LogP contribution >= 0.6 is 15.9 Å². The van der Waals surface area contributed by atoms with Crippen molar-refractivity contribution >= 4 is 21.8 Å². The van der Waals surface area contributed by atoms with Crippen molar-refractivity contribution < 1.29 is 4.79 Å². The molecule has 0 radical (unpaired) electrons. The minimum Gasteiger partial charge on any atom is -0.335 e. The van der Waals surface area contributed by atoms with Gasteiger partial charge in [-0.05, 0) is 62.3 Å². The second-order valence-corrected chi connectivity index (χ2v) is 7.07. The van der Waals surface area contributed by atoms with E-state index in [1.165, 1.54) is 38.5 Å². The number of rotatable bonds is 1. The standard InChI is InChI=1S/C17H22BrNO/c1-12-11-14(8-9-15(12)18)17(20)19-10-4-6-13-5-2-3-7-16(13)19/h8-9,11,13,16H,2-7,10H2,1H3. The Kier molecular flexibility index (Phi) is 4.16. The van der Waals surface area contributed by atoms with E-state index >= 15 is 0 Å². The summed E-state index contributed by atoms with van der Waals surface area (Å²) in [5, 5.41) is 0. The highest BCUT2D eigenvalue weighted by molar-refractivity contribution is 9.10. The molecule has 1 saturated heterocycles. The van der Waals surface area contributed by atoms with Crippen LogP contribution in [0.5, 0.6) is 0 Å². The highest BCUT2D eigenvalue weighted by atomic mass is 79.9. The van der Waals surface area contributed by atoms with Crippen LogP contribution in [-0.4, -0.2) is 23.4 Å². The van der Waals surface area contributed by atoms with Crippen LogP contribution in [0, 0.1) is 12.8 Å². The molecule has 0 bridgehead atoms. The molecule has 0 spiro atoms. The number of carbonyl (C=O) groups excluding carboxylic acids is 1. The van der Waals surface area contributed by atoms with Crippen LogP contribution in [0.25, 0.3) is 0 Å². The highest BCUT2D eigenvalue weighted by Crippen LogP contribution is 2.36. The SMILES string of the molecule is Cc1cc(C(=O)N2CCCC3CCCCC32)ccc1Br. The molecule has 1 amide bonds. The van der Waals surface area contributed by atoms with E-state index in [4.69, 9.17) is 0 Å². The molecule has 2 fully saturated rings. The van der Waals surface area contributed by atoms with Crippen molar-refractivity contribution in [2.75, 3.05) is 6.54 Å². The molecule has 1 heterocycles. The molecular weight excluding hydrogens is 314 g/mol. The molecule has 20 heavy (non-hydrogen) atoms. The largest absolute Gasteiger partial charge is 0.335 e. The van der Waals surface area contributed by atoms with Crippen molar-refractivity contribution in [2.45, 2.75) is 51.5 Å². The van der Waals surface area contributed by atoms with E-state index in [0.717, 1.165) is 28.1 Å². The lowest BCUT2D eigenvalue weighted by molar-refractivity contribution is 0.0390. The normalized spacial score (nSPS) is 26.2. The lowest BCUT2D eigenvalue weighted by Gasteiger charge is -2.44. The second kappa shape index (κ2) is 5.88. The minimum absolute atomic E-state index is 0.234. The van der Waals surface area contributed by atoms with Gasteiger partial charge in [-0.15, -0.1) is 0 Å². The third-order valence-corrected chi connectivity index (χ3v) is 5.80. The smallest absolute Gasteiger partial charge is 0.254 e. The van der Waals surface area contributed by atoms with Gasteiger partial charge in [0.2, 0.25) is 0 Å². The number of likely N-dealkylation sites (tertiary alicyclic amines) is 1. The third kappa shape index (κ3) is 2.65. The summed E-state index contributed by atoms with van der Waals surface area (Å²) in [4.78, 5) is 15.0. The predicted octanol–water partition coefficient (Wildman–Crippen LogP) is 4.55. The lowest BCUT2D eigenvalue weighted by Crippen LogP contribution is -2.49. The molecule has 0 N–H and O–H groups in total. The van der Waals surface area contributed by atoms with Gasteiger partial charge in [-0.3, -0.25) is 4.79 Å². The van der Waals surface area contributed by atoms with Gasteiger partial charge in [-0.25, -0.2) is 0 Å². The molecular formula is C17H22BrNO. The zero-order valence-corrected chi connectivity index (χ0v) is 13.7. The first-order valence-electron chi connectivity index (χ1n) is 7.74. The Labute approximate surface area is 129 Å². The predicted molar refractivity (Wildman–Crippen MR) is 84.9 cm³/mol. The number of aryl methyl sites for hydroxylation is 1. The summed E-state index contributed by atoms with van der Waals surface area (Å²) in [6, 6.07) is 6.45.